The maximum atomic E-state index is 6.04. The molecule has 3 heteroatoms. The lowest BCUT2D eigenvalue weighted by atomic mass is 10.1. The molecule has 1 heterocycles. The van der Waals surface area contributed by atoms with Crippen molar-refractivity contribution in [3.8, 4) is 0 Å². The van der Waals surface area contributed by atoms with E-state index in [1.165, 1.54) is 11.3 Å². The molecular formula is C12H14Cl2N+. The largest absolute Gasteiger partial charge is 0.210 e. The zero-order chi connectivity index (χ0) is 11.2. The lowest BCUT2D eigenvalue weighted by Crippen LogP contribution is -2.28. The van der Waals surface area contributed by atoms with E-state index in [0.29, 0.717) is 10.0 Å². The Labute approximate surface area is 100 Å². The maximum Gasteiger partial charge on any atom is 0.210 e. The molecule has 15 heavy (non-hydrogen) atoms. The minimum atomic E-state index is 0.0857. The molecule has 1 aromatic carbocycles. The van der Waals surface area contributed by atoms with Crippen LogP contribution in [0.5, 0.6) is 0 Å². The van der Waals surface area contributed by atoms with Crippen molar-refractivity contribution in [1.82, 2.24) is 0 Å². The van der Waals surface area contributed by atoms with Gasteiger partial charge in [-0.25, -0.2) is 0 Å². The van der Waals surface area contributed by atoms with Gasteiger partial charge in [0.05, 0.1) is 16.5 Å². The molecule has 0 bridgehead atoms. The summed E-state index contributed by atoms with van der Waals surface area (Å²) in [7, 11) is 0. The summed E-state index contributed by atoms with van der Waals surface area (Å²) in [5.74, 6) is 0. The molecule has 1 aliphatic rings. The summed E-state index contributed by atoms with van der Waals surface area (Å²) in [5, 5.41) is 1.26. The number of rotatable bonds is 0. The van der Waals surface area contributed by atoms with Crippen molar-refractivity contribution in [2.24, 2.45) is 0 Å². The first-order valence-electron chi connectivity index (χ1n) is 5.00. The third kappa shape index (κ3) is 1.91. The van der Waals surface area contributed by atoms with Crippen LogP contribution in [0.2, 0.25) is 10.0 Å². The maximum absolute atomic E-state index is 6.04. The number of hydrogen-bond acceptors (Lipinski definition) is 0. The molecule has 0 amide bonds. The van der Waals surface area contributed by atoms with Crippen molar-refractivity contribution in [3.05, 3.63) is 27.7 Å². The topological polar surface area (TPSA) is 3.01 Å². The van der Waals surface area contributed by atoms with E-state index in [1.54, 1.807) is 0 Å². The number of benzene rings is 1. The summed E-state index contributed by atoms with van der Waals surface area (Å²) >= 11 is 12.0. The van der Waals surface area contributed by atoms with Crippen LogP contribution in [0.15, 0.2) is 12.1 Å². The third-order valence-corrected chi connectivity index (χ3v) is 3.32. The van der Waals surface area contributed by atoms with Gasteiger partial charge in [0.25, 0.3) is 0 Å². The minimum Gasteiger partial charge on any atom is -0.198 e. The smallest absolute Gasteiger partial charge is 0.198 e. The number of nitrogens with zero attached hydrogens (tertiary/aromatic N) is 1. The molecule has 1 aliphatic heterocycles. The summed E-state index contributed by atoms with van der Waals surface area (Å²) in [6.45, 7) is 6.54. The van der Waals surface area contributed by atoms with Gasteiger partial charge < -0.3 is 0 Å². The molecule has 0 fully saturated rings. The van der Waals surface area contributed by atoms with Crippen molar-refractivity contribution >= 4 is 35.1 Å². The Morgan fingerprint density at radius 1 is 1.13 bits per heavy atom. The lowest BCUT2D eigenvalue weighted by molar-refractivity contribution is -0.513. The predicted molar refractivity (Wildman–Crippen MR) is 65.9 cm³/mol. The fourth-order valence-corrected chi connectivity index (χ4v) is 2.23. The molecule has 0 N–H and O–H groups in total. The van der Waals surface area contributed by atoms with E-state index in [0.717, 1.165) is 6.42 Å². The predicted octanol–water partition coefficient (Wildman–Crippen LogP) is 4.06. The van der Waals surface area contributed by atoms with E-state index in [4.69, 9.17) is 23.2 Å². The van der Waals surface area contributed by atoms with Crippen molar-refractivity contribution in [3.63, 3.8) is 0 Å². The minimum absolute atomic E-state index is 0.0857. The fraction of sp³-hybridized carbons (Fsp3) is 0.417. The Morgan fingerprint density at radius 2 is 1.73 bits per heavy atom. The molecule has 0 unspecified atom stereocenters. The fourth-order valence-electron chi connectivity index (χ4n) is 1.89. The van der Waals surface area contributed by atoms with Crippen LogP contribution < -0.4 is 0 Å². The monoisotopic (exact) mass is 242 g/mol. The molecule has 0 saturated carbocycles. The van der Waals surface area contributed by atoms with E-state index in [2.05, 4.69) is 31.6 Å². The molecule has 0 saturated heterocycles. The van der Waals surface area contributed by atoms with Gasteiger partial charge in [-0.1, -0.05) is 23.2 Å². The Morgan fingerprint density at radius 3 is 2.33 bits per heavy atom. The van der Waals surface area contributed by atoms with Crippen LogP contribution in [0.4, 0.5) is 5.69 Å². The van der Waals surface area contributed by atoms with Crippen LogP contribution >= 0.6 is 23.2 Å². The zero-order valence-electron chi connectivity index (χ0n) is 9.14. The second-order valence-corrected chi connectivity index (χ2v) is 5.64. The normalized spacial score (nSPS) is 15.1. The first-order valence-corrected chi connectivity index (χ1v) is 5.76. The van der Waals surface area contributed by atoms with Gasteiger partial charge >= 0.3 is 0 Å². The zero-order valence-corrected chi connectivity index (χ0v) is 10.7. The second-order valence-electron chi connectivity index (χ2n) is 4.82. The molecule has 2 rings (SSSR count). The van der Waals surface area contributed by atoms with Crippen molar-refractivity contribution < 1.29 is 4.58 Å². The van der Waals surface area contributed by atoms with E-state index in [1.807, 2.05) is 12.1 Å². The van der Waals surface area contributed by atoms with Gasteiger partial charge in [-0.2, -0.15) is 4.58 Å². The first-order chi connectivity index (χ1) is 6.89. The highest BCUT2D eigenvalue weighted by Gasteiger charge is 2.32. The summed E-state index contributed by atoms with van der Waals surface area (Å²) < 4.78 is 2.25. The molecule has 1 aromatic rings. The number of fused-ring (bicyclic) bond motifs is 1. The average molecular weight is 243 g/mol. The first kappa shape index (κ1) is 11.0. The SMILES string of the molecule is CC(C)(C)[N+]1=CCc2cc(Cl)c(Cl)cc21. The summed E-state index contributed by atoms with van der Waals surface area (Å²) in [6.07, 6.45) is 3.13. The molecule has 0 spiro atoms. The molecule has 0 aromatic heterocycles. The molecule has 80 valence electrons. The number of halogens is 2. The van der Waals surface area contributed by atoms with Crippen molar-refractivity contribution in [2.45, 2.75) is 32.7 Å². The second kappa shape index (κ2) is 3.50. The highest BCUT2D eigenvalue weighted by molar-refractivity contribution is 6.42. The van der Waals surface area contributed by atoms with Crippen LogP contribution in [0.25, 0.3) is 0 Å². The van der Waals surface area contributed by atoms with Gasteiger partial charge in [-0.3, -0.25) is 0 Å². The highest BCUT2D eigenvalue weighted by Crippen LogP contribution is 2.35. The van der Waals surface area contributed by atoms with Gasteiger partial charge in [0.2, 0.25) is 5.69 Å². The quantitative estimate of drug-likeness (QED) is 0.604. The Hall–Kier alpha value is -0.530. The van der Waals surface area contributed by atoms with Gasteiger partial charge in [0.15, 0.2) is 11.8 Å². The molecule has 0 radical (unpaired) electrons. The summed E-state index contributed by atoms with van der Waals surface area (Å²) in [4.78, 5) is 0. The van der Waals surface area contributed by atoms with Crippen molar-refractivity contribution in [2.75, 3.05) is 0 Å². The van der Waals surface area contributed by atoms with Gasteiger partial charge in [-0.05, 0) is 6.07 Å². The average Bonchev–Trinajstić information content (AvgIpc) is 2.47. The van der Waals surface area contributed by atoms with Crippen LogP contribution in [0.3, 0.4) is 0 Å². The van der Waals surface area contributed by atoms with Crippen LogP contribution in [-0.4, -0.2) is 16.3 Å². The van der Waals surface area contributed by atoms with Gasteiger partial charge in [0, 0.05) is 32.4 Å². The molecule has 0 atom stereocenters. The lowest BCUT2D eigenvalue weighted by Gasteiger charge is -2.15. The van der Waals surface area contributed by atoms with E-state index < -0.39 is 0 Å². The van der Waals surface area contributed by atoms with Crippen LogP contribution in [-0.2, 0) is 6.42 Å². The summed E-state index contributed by atoms with van der Waals surface area (Å²) in [5.41, 5.74) is 2.51. The van der Waals surface area contributed by atoms with Gasteiger partial charge in [-0.15, -0.1) is 0 Å². The summed E-state index contributed by atoms with van der Waals surface area (Å²) in [6, 6.07) is 3.91. The van der Waals surface area contributed by atoms with E-state index >= 15 is 0 Å². The Balaban J connectivity index is 2.54. The molecule has 1 nitrogen and oxygen atoms in total. The standard InChI is InChI=1S/C12H14Cl2N/c1-12(2,3)15-5-4-8-6-9(13)10(14)7-11(8)15/h5-7H,4H2,1-3H3/q+1. The molecule has 0 aliphatic carbocycles. The van der Waals surface area contributed by atoms with E-state index in [9.17, 15) is 0 Å². The van der Waals surface area contributed by atoms with Crippen LogP contribution in [0.1, 0.15) is 26.3 Å². The third-order valence-electron chi connectivity index (χ3n) is 2.60. The highest BCUT2D eigenvalue weighted by atomic mass is 35.5. The van der Waals surface area contributed by atoms with Crippen molar-refractivity contribution in [1.29, 1.82) is 0 Å². The van der Waals surface area contributed by atoms with Crippen LogP contribution in [0, 0.1) is 0 Å². The number of hydrogen-bond donors (Lipinski definition) is 0. The van der Waals surface area contributed by atoms with E-state index in [-0.39, 0.29) is 5.54 Å². The Kier molecular flexibility index (Phi) is 2.56. The Bertz CT molecular complexity index is 442. The van der Waals surface area contributed by atoms with Gasteiger partial charge in [0.1, 0.15) is 0 Å². The molecular weight excluding hydrogens is 229 g/mol.